The molecule has 0 radical (unpaired) electrons. The van der Waals surface area contributed by atoms with Crippen LogP contribution < -0.4 is 11.1 Å². The van der Waals surface area contributed by atoms with Crippen LogP contribution in [0.4, 0.5) is 11.4 Å². The number of rotatable bonds is 5. The Bertz CT molecular complexity index is 233. The van der Waals surface area contributed by atoms with E-state index >= 15 is 0 Å². The van der Waals surface area contributed by atoms with Crippen LogP contribution in [0.5, 0.6) is 0 Å². The maximum atomic E-state index is 8.56. The molecule has 0 heterocycles. The molecule has 0 fully saturated rings. The van der Waals surface area contributed by atoms with E-state index in [1.807, 2.05) is 24.3 Å². The molecule has 13 heavy (non-hydrogen) atoms. The van der Waals surface area contributed by atoms with Crippen molar-refractivity contribution in [2.45, 2.75) is 12.8 Å². The molecule has 0 saturated carbocycles. The van der Waals surface area contributed by atoms with Crippen LogP contribution in [0.15, 0.2) is 24.3 Å². The number of anilines is 2. The van der Waals surface area contributed by atoms with Gasteiger partial charge < -0.3 is 16.2 Å². The van der Waals surface area contributed by atoms with Crippen molar-refractivity contribution in [2.24, 2.45) is 0 Å². The summed E-state index contributed by atoms with van der Waals surface area (Å²) in [6, 6.07) is 7.64. The van der Waals surface area contributed by atoms with Crippen LogP contribution >= 0.6 is 0 Å². The maximum absolute atomic E-state index is 8.56. The number of aliphatic hydroxyl groups excluding tert-OH is 1. The summed E-state index contributed by atoms with van der Waals surface area (Å²) in [6.07, 6.45) is 1.84. The van der Waals surface area contributed by atoms with Crippen LogP contribution in [0.1, 0.15) is 12.8 Å². The normalized spacial score (nSPS) is 9.92. The molecule has 0 spiro atoms. The molecule has 0 aliphatic carbocycles. The number of unbranched alkanes of at least 4 members (excludes halogenated alkanes) is 1. The smallest absolute Gasteiger partial charge is 0.0431 e. The summed E-state index contributed by atoms with van der Waals surface area (Å²) in [4.78, 5) is 0. The van der Waals surface area contributed by atoms with Gasteiger partial charge in [0, 0.05) is 24.5 Å². The molecule has 0 saturated heterocycles. The molecular formula is C10H16N2O. The fourth-order valence-corrected chi connectivity index (χ4v) is 1.07. The zero-order chi connectivity index (χ0) is 9.52. The molecule has 4 N–H and O–H groups in total. The zero-order valence-corrected chi connectivity index (χ0v) is 7.66. The lowest BCUT2D eigenvalue weighted by Crippen LogP contribution is -2.02. The van der Waals surface area contributed by atoms with Gasteiger partial charge >= 0.3 is 0 Å². The second kappa shape index (κ2) is 5.43. The summed E-state index contributed by atoms with van der Waals surface area (Å²) in [7, 11) is 0. The summed E-state index contributed by atoms with van der Waals surface area (Å²) in [6.45, 7) is 1.16. The molecule has 3 heteroatoms. The molecule has 72 valence electrons. The largest absolute Gasteiger partial charge is 0.399 e. The van der Waals surface area contributed by atoms with E-state index in [0.29, 0.717) is 0 Å². The molecule has 0 aliphatic heterocycles. The van der Waals surface area contributed by atoms with E-state index in [1.165, 1.54) is 0 Å². The molecule has 0 aliphatic rings. The van der Waals surface area contributed by atoms with Crippen molar-refractivity contribution in [3.63, 3.8) is 0 Å². The number of hydrogen-bond acceptors (Lipinski definition) is 3. The minimum atomic E-state index is 0.267. The molecule has 1 rings (SSSR count). The van der Waals surface area contributed by atoms with E-state index in [4.69, 9.17) is 10.8 Å². The first kappa shape index (κ1) is 9.86. The van der Waals surface area contributed by atoms with Crippen LogP contribution in [0.3, 0.4) is 0 Å². The number of hydrogen-bond donors (Lipinski definition) is 3. The Hall–Kier alpha value is -1.22. The molecule has 1 aromatic carbocycles. The van der Waals surface area contributed by atoms with Gasteiger partial charge in [0.1, 0.15) is 0 Å². The van der Waals surface area contributed by atoms with Gasteiger partial charge in [-0.2, -0.15) is 0 Å². The SMILES string of the molecule is Nc1ccc(NCCCCO)cc1. The van der Waals surface area contributed by atoms with E-state index in [0.717, 1.165) is 30.8 Å². The number of benzene rings is 1. The van der Waals surface area contributed by atoms with Crippen LogP contribution in [0, 0.1) is 0 Å². The minimum Gasteiger partial charge on any atom is -0.399 e. The van der Waals surface area contributed by atoms with Crippen molar-refractivity contribution in [2.75, 3.05) is 24.2 Å². The van der Waals surface area contributed by atoms with Crippen molar-refractivity contribution >= 4 is 11.4 Å². The van der Waals surface area contributed by atoms with Gasteiger partial charge in [-0.15, -0.1) is 0 Å². The molecule has 3 nitrogen and oxygen atoms in total. The third-order valence-electron chi connectivity index (χ3n) is 1.82. The van der Waals surface area contributed by atoms with Crippen molar-refractivity contribution in [1.82, 2.24) is 0 Å². The zero-order valence-electron chi connectivity index (χ0n) is 7.66. The highest BCUT2D eigenvalue weighted by molar-refractivity contribution is 5.50. The Balaban J connectivity index is 2.25. The van der Waals surface area contributed by atoms with Gasteiger partial charge in [-0.05, 0) is 37.1 Å². The Kier molecular flexibility index (Phi) is 4.12. The van der Waals surface area contributed by atoms with Crippen LogP contribution in [-0.2, 0) is 0 Å². The molecule has 0 bridgehead atoms. The fourth-order valence-electron chi connectivity index (χ4n) is 1.07. The van der Waals surface area contributed by atoms with E-state index < -0.39 is 0 Å². The molecular weight excluding hydrogens is 164 g/mol. The summed E-state index contributed by atoms with van der Waals surface area (Å²) < 4.78 is 0. The van der Waals surface area contributed by atoms with Gasteiger partial charge in [0.05, 0.1) is 0 Å². The Morgan fingerprint density at radius 2 is 1.85 bits per heavy atom. The molecule has 0 atom stereocenters. The highest BCUT2D eigenvalue weighted by Gasteiger charge is 1.90. The van der Waals surface area contributed by atoms with Crippen molar-refractivity contribution < 1.29 is 5.11 Å². The van der Waals surface area contributed by atoms with Gasteiger partial charge in [0.15, 0.2) is 0 Å². The Labute approximate surface area is 78.6 Å². The molecule has 0 unspecified atom stereocenters. The number of nitrogen functional groups attached to an aromatic ring is 1. The summed E-state index contributed by atoms with van der Waals surface area (Å²) in [5, 5.41) is 11.8. The predicted octanol–water partition coefficient (Wildman–Crippen LogP) is 1.45. The summed E-state index contributed by atoms with van der Waals surface area (Å²) >= 11 is 0. The van der Waals surface area contributed by atoms with Gasteiger partial charge in [-0.1, -0.05) is 0 Å². The van der Waals surface area contributed by atoms with E-state index in [2.05, 4.69) is 5.32 Å². The maximum Gasteiger partial charge on any atom is 0.0431 e. The second-order valence-electron chi connectivity index (χ2n) is 2.98. The van der Waals surface area contributed by atoms with Gasteiger partial charge in [0.2, 0.25) is 0 Å². The first-order valence-electron chi connectivity index (χ1n) is 4.53. The number of nitrogens with two attached hydrogens (primary N) is 1. The van der Waals surface area contributed by atoms with E-state index in [-0.39, 0.29) is 6.61 Å². The molecule has 0 aromatic heterocycles. The third-order valence-corrected chi connectivity index (χ3v) is 1.82. The number of aliphatic hydroxyl groups is 1. The minimum absolute atomic E-state index is 0.267. The molecule has 1 aromatic rings. The summed E-state index contributed by atoms with van der Waals surface area (Å²) in [5.74, 6) is 0. The highest BCUT2D eigenvalue weighted by atomic mass is 16.2. The van der Waals surface area contributed by atoms with Crippen molar-refractivity contribution in [1.29, 1.82) is 0 Å². The van der Waals surface area contributed by atoms with Gasteiger partial charge in [0.25, 0.3) is 0 Å². The average Bonchev–Trinajstić information content (AvgIpc) is 2.15. The van der Waals surface area contributed by atoms with E-state index in [9.17, 15) is 0 Å². The van der Waals surface area contributed by atoms with Crippen LogP contribution in [-0.4, -0.2) is 18.3 Å². The van der Waals surface area contributed by atoms with Crippen molar-refractivity contribution in [3.8, 4) is 0 Å². The standard InChI is InChI=1S/C10H16N2O/c11-9-3-5-10(6-4-9)12-7-1-2-8-13/h3-6,12-13H,1-2,7-8,11H2. The van der Waals surface area contributed by atoms with Crippen LogP contribution in [0.2, 0.25) is 0 Å². The summed E-state index contributed by atoms with van der Waals surface area (Å²) in [5.41, 5.74) is 7.40. The lowest BCUT2D eigenvalue weighted by molar-refractivity contribution is 0.286. The average molecular weight is 180 g/mol. The fraction of sp³-hybridized carbons (Fsp3) is 0.400. The van der Waals surface area contributed by atoms with Crippen molar-refractivity contribution in [3.05, 3.63) is 24.3 Å². The Morgan fingerprint density at radius 1 is 1.15 bits per heavy atom. The van der Waals surface area contributed by atoms with Gasteiger partial charge in [-0.3, -0.25) is 0 Å². The lowest BCUT2D eigenvalue weighted by Gasteiger charge is -2.05. The van der Waals surface area contributed by atoms with Crippen LogP contribution in [0.25, 0.3) is 0 Å². The first-order valence-corrected chi connectivity index (χ1v) is 4.53. The number of nitrogens with one attached hydrogen (secondary N) is 1. The quantitative estimate of drug-likeness (QED) is 0.475. The lowest BCUT2D eigenvalue weighted by atomic mass is 10.2. The topological polar surface area (TPSA) is 58.3 Å². The predicted molar refractivity (Wildman–Crippen MR) is 55.7 cm³/mol. The Morgan fingerprint density at radius 3 is 2.46 bits per heavy atom. The van der Waals surface area contributed by atoms with E-state index in [1.54, 1.807) is 0 Å². The third kappa shape index (κ3) is 3.80. The highest BCUT2D eigenvalue weighted by Crippen LogP contribution is 2.10. The molecule has 0 amide bonds. The first-order chi connectivity index (χ1) is 6.33. The monoisotopic (exact) mass is 180 g/mol. The van der Waals surface area contributed by atoms with Gasteiger partial charge in [-0.25, -0.2) is 0 Å². The second-order valence-corrected chi connectivity index (χ2v) is 2.98.